The van der Waals surface area contributed by atoms with Gasteiger partial charge in [0.05, 0.1) is 18.0 Å². The highest BCUT2D eigenvalue weighted by molar-refractivity contribution is 14.0. The van der Waals surface area contributed by atoms with Gasteiger partial charge in [-0.15, -0.1) is 30.4 Å². The number of aliphatic imine (C=N–C) groups is 1. The molecule has 6 nitrogen and oxygen atoms in total. The van der Waals surface area contributed by atoms with E-state index >= 15 is 0 Å². The zero-order chi connectivity index (χ0) is 14.1. The quantitative estimate of drug-likeness (QED) is 0.202. The van der Waals surface area contributed by atoms with E-state index in [1.54, 1.807) is 12.1 Å². The van der Waals surface area contributed by atoms with Gasteiger partial charge in [-0.3, -0.25) is 10.1 Å². The van der Waals surface area contributed by atoms with Crippen LogP contribution < -0.4 is 10.6 Å². The van der Waals surface area contributed by atoms with Crippen molar-refractivity contribution in [1.82, 2.24) is 10.6 Å². The van der Waals surface area contributed by atoms with Crippen molar-refractivity contribution in [1.29, 1.82) is 0 Å². The topological polar surface area (TPSA) is 79.6 Å². The summed E-state index contributed by atoms with van der Waals surface area (Å²) < 4.78 is 0. The SMILES string of the molecule is C#CCNC(=NCc1cccc([N+](=O)[O-])c1)NCC.I. The number of hydrogen-bond acceptors (Lipinski definition) is 3. The van der Waals surface area contributed by atoms with E-state index in [-0.39, 0.29) is 29.7 Å². The standard InChI is InChI=1S/C13H16N4O2.HI/c1-3-8-15-13(14-4-2)16-10-11-6-5-7-12(9-11)17(18)19;/h1,5-7,9H,4,8,10H2,2H3,(H2,14,15,16);1H. The summed E-state index contributed by atoms with van der Waals surface area (Å²) in [5.74, 6) is 3.05. The number of benzene rings is 1. The molecule has 0 aliphatic heterocycles. The summed E-state index contributed by atoms with van der Waals surface area (Å²) in [7, 11) is 0. The Labute approximate surface area is 135 Å². The smallest absolute Gasteiger partial charge is 0.269 e. The van der Waals surface area contributed by atoms with Gasteiger partial charge in [-0.1, -0.05) is 18.1 Å². The molecule has 1 rings (SSSR count). The Hall–Kier alpha value is -1.82. The lowest BCUT2D eigenvalue weighted by Gasteiger charge is -2.08. The number of nitrogens with one attached hydrogen (secondary N) is 2. The van der Waals surface area contributed by atoms with Crippen LogP contribution in [0.5, 0.6) is 0 Å². The normalized spacial score (nSPS) is 10.1. The van der Waals surface area contributed by atoms with Crippen molar-refractivity contribution in [2.45, 2.75) is 13.5 Å². The molecule has 2 N–H and O–H groups in total. The van der Waals surface area contributed by atoms with Gasteiger partial charge >= 0.3 is 0 Å². The fourth-order valence-electron chi connectivity index (χ4n) is 1.42. The van der Waals surface area contributed by atoms with Crippen molar-refractivity contribution in [3.05, 3.63) is 39.9 Å². The molecule has 0 bridgehead atoms. The molecule has 1 aromatic rings. The molecule has 0 saturated heterocycles. The third-order valence-electron chi connectivity index (χ3n) is 2.24. The summed E-state index contributed by atoms with van der Waals surface area (Å²) in [6, 6.07) is 6.40. The molecule has 0 aliphatic carbocycles. The molecule has 20 heavy (non-hydrogen) atoms. The van der Waals surface area contributed by atoms with Crippen LogP contribution in [0.15, 0.2) is 29.3 Å². The molecular formula is C13H17IN4O2. The number of rotatable bonds is 5. The lowest BCUT2D eigenvalue weighted by Crippen LogP contribution is -2.37. The molecule has 0 radical (unpaired) electrons. The zero-order valence-electron chi connectivity index (χ0n) is 11.1. The van der Waals surface area contributed by atoms with Gasteiger partial charge in [0.1, 0.15) is 0 Å². The minimum absolute atomic E-state index is 0. The average molecular weight is 388 g/mol. The van der Waals surface area contributed by atoms with E-state index < -0.39 is 4.92 Å². The molecule has 0 heterocycles. The van der Waals surface area contributed by atoms with Crippen molar-refractivity contribution < 1.29 is 4.92 Å². The van der Waals surface area contributed by atoms with Crippen LogP contribution in [0.25, 0.3) is 0 Å². The Morgan fingerprint density at radius 2 is 2.25 bits per heavy atom. The second-order valence-electron chi connectivity index (χ2n) is 3.68. The summed E-state index contributed by atoms with van der Waals surface area (Å²) in [6.45, 7) is 3.38. The average Bonchev–Trinajstić information content (AvgIpc) is 2.42. The minimum Gasteiger partial charge on any atom is -0.357 e. The van der Waals surface area contributed by atoms with E-state index in [4.69, 9.17) is 6.42 Å². The predicted molar refractivity (Wildman–Crippen MR) is 90.2 cm³/mol. The van der Waals surface area contributed by atoms with Crippen molar-refractivity contribution in [2.75, 3.05) is 13.1 Å². The zero-order valence-corrected chi connectivity index (χ0v) is 13.5. The molecule has 0 saturated carbocycles. The first-order chi connectivity index (χ1) is 9.17. The number of halogens is 1. The van der Waals surface area contributed by atoms with E-state index in [1.165, 1.54) is 12.1 Å². The first kappa shape index (κ1) is 18.2. The van der Waals surface area contributed by atoms with Gasteiger partial charge in [0.25, 0.3) is 5.69 Å². The Balaban J connectivity index is 0.00000361. The van der Waals surface area contributed by atoms with Gasteiger partial charge in [-0.05, 0) is 12.5 Å². The molecule has 0 atom stereocenters. The van der Waals surface area contributed by atoms with E-state index in [2.05, 4.69) is 21.5 Å². The van der Waals surface area contributed by atoms with Gasteiger partial charge in [-0.2, -0.15) is 0 Å². The second-order valence-corrected chi connectivity index (χ2v) is 3.68. The molecular weight excluding hydrogens is 371 g/mol. The predicted octanol–water partition coefficient (Wildman–Crippen LogP) is 1.90. The summed E-state index contributed by atoms with van der Waals surface area (Å²) in [5.41, 5.74) is 0.835. The number of non-ortho nitro benzene ring substituents is 1. The van der Waals surface area contributed by atoms with E-state index in [1.807, 2.05) is 6.92 Å². The van der Waals surface area contributed by atoms with Crippen LogP contribution in [0.3, 0.4) is 0 Å². The Bertz CT molecular complexity index is 511. The Morgan fingerprint density at radius 3 is 2.85 bits per heavy atom. The van der Waals surface area contributed by atoms with Crippen LogP contribution in [0, 0.1) is 22.5 Å². The van der Waals surface area contributed by atoms with Crippen LogP contribution >= 0.6 is 24.0 Å². The fourth-order valence-corrected chi connectivity index (χ4v) is 1.42. The van der Waals surface area contributed by atoms with Gasteiger partial charge in [0.2, 0.25) is 0 Å². The van der Waals surface area contributed by atoms with Crippen molar-refractivity contribution >= 4 is 35.6 Å². The molecule has 0 amide bonds. The third kappa shape index (κ3) is 6.38. The van der Waals surface area contributed by atoms with Crippen molar-refractivity contribution in [2.24, 2.45) is 4.99 Å². The first-order valence-electron chi connectivity index (χ1n) is 5.86. The van der Waals surface area contributed by atoms with Gasteiger partial charge in [0, 0.05) is 18.7 Å². The lowest BCUT2D eigenvalue weighted by molar-refractivity contribution is -0.384. The van der Waals surface area contributed by atoms with Crippen LogP contribution in [-0.4, -0.2) is 24.0 Å². The Kier molecular flexibility index (Phi) is 9.11. The maximum Gasteiger partial charge on any atom is 0.269 e. The molecule has 0 aromatic heterocycles. The largest absolute Gasteiger partial charge is 0.357 e. The highest BCUT2D eigenvalue weighted by Gasteiger charge is 2.05. The maximum absolute atomic E-state index is 10.7. The second kappa shape index (κ2) is 10.0. The number of terminal acetylenes is 1. The van der Waals surface area contributed by atoms with Crippen LogP contribution in [0.1, 0.15) is 12.5 Å². The van der Waals surface area contributed by atoms with E-state index in [0.29, 0.717) is 25.6 Å². The summed E-state index contributed by atoms with van der Waals surface area (Å²) in [4.78, 5) is 14.5. The first-order valence-corrected chi connectivity index (χ1v) is 5.86. The molecule has 0 unspecified atom stereocenters. The molecule has 0 spiro atoms. The van der Waals surface area contributed by atoms with E-state index in [0.717, 1.165) is 5.56 Å². The minimum atomic E-state index is -0.422. The summed E-state index contributed by atoms with van der Waals surface area (Å²) in [5, 5.41) is 16.6. The number of nitro benzene ring substituents is 1. The highest BCUT2D eigenvalue weighted by atomic mass is 127. The molecule has 1 aromatic carbocycles. The number of nitro groups is 1. The van der Waals surface area contributed by atoms with Crippen molar-refractivity contribution in [3.63, 3.8) is 0 Å². The van der Waals surface area contributed by atoms with Crippen LogP contribution in [0.2, 0.25) is 0 Å². The molecule has 0 aliphatic rings. The molecule has 7 heteroatoms. The molecule has 0 fully saturated rings. The summed E-state index contributed by atoms with van der Waals surface area (Å²) >= 11 is 0. The van der Waals surface area contributed by atoms with Crippen LogP contribution in [-0.2, 0) is 6.54 Å². The van der Waals surface area contributed by atoms with Gasteiger partial charge in [0.15, 0.2) is 5.96 Å². The monoisotopic (exact) mass is 388 g/mol. The Morgan fingerprint density at radius 1 is 1.50 bits per heavy atom. The molecule has 108 valence electrons. The number of hydrogen-bond donors (Lipinski definition) is 2. The summed E-state index contributed by atoms with van der Waals surface area (Å²) in [6.07, 6.45) is 5.16. The number of guanidine groups is 1. The van der Waals surface area contributed by atoms with Crippen LogP contribution in [0.4, 0.5) is 5.69 Å². The number of nitrogens with zero attached hydrogens (tertiary/aromatic N) is 2. The highest BCUT2D eigenvalue weighted by Crippen LogP contribution is 2.13. The van der Waals surface area contributed by atoms with E-state index in [9.17, 15) is 10.1 Å². The van der Waals surface area contributed by atoms with Crippen molar-refractivity contribution in [3.8, 4) is 12.3 Å². The van der Waals surface area contributed by atoms with Gasteiger partial charge in [-0.25, -0.2) is 4.99 Å². The maximum atomic E-state index is 10.7. The lowest BCUT2D eigenvalue weighted by atomic mass is 10.2. The third-order valence-corrected chi connectivity index (χ3v) is 2.24. The van der Waals surface area contributed by atoms with Gasteiger partial charge < -0.3 is 10.6 Å². The fraction of sp³-hybridized carbons (Fsp3) is 0.308.